The third-order valence-electron chi connectivity index (χ3n) is 3.60. The van der Waals surface area contributed by atoms with E-state index in [1.807, 2.05) is 12.1 Å². The Balaban J connectivity index is 1.97. The molecule has 1 aromatic carbocycles. The van der Waals surface area contributed by atoms with Crippen LogP contribution in [0.5, 0.6) is 0 Å². The van der Waals surface area contributed by atoms with Crippen LogP contribution in [0.25, 0.3) is 0 Å². The molecule has 1 aromatic heterocycles. The molecule has 1 N–H and O–H groups in total. The molecule has 21 heavy (non-hydrogen) atoms. The number of benzene rings is 1. The number of anilines is 2. The summed E-state index contributed by atoms with van der Waals surface area (Å²) in [5.74, 6) is 0.580. The Labute approximate surface area is 133 Å². The highest BCUT2D eigenvalue weighted by molar-refractivity contribution is 6.42. The molecule has 0 radical (unpaired) electrons. The van der Waals surface area contributed by atoms with Gasteiger partial charge in [0.1, 0.15) is 11.9 Å². The van der Waals surface area contributed by atoms with Crippen molar-refractivity contribution >= 4 is 34.7 Å². The van der Waals surface area contributed by atoms with E-state index in [0.717, 1.165) is 30.6 Å². The summed E-state index contributed by atoms with van der Waals surface area (Å²) in [6.45, 7) is 0. The maximum atomic E-state index is 9.32. The number of aryl methyl sites for hydroxylation is 2. The molecular formula is C16H13Cl2N3. The van der Waals surface area contributed by atoms with Gasteiger partial charge in [0.2, 0.25) is 0 Å². The van der Waals surface area contributed by atoms with Crippen molar-refractivity contribution in [1.29, 1.82) is 5.26 Å². The lowest BCUT2D eigenvalue weighted by molar-refractivity contribution is 0.668. The Bertz CT molecular complexity index is 735. The molecule has 0 unspecified atom stereocenters. The molecule has 0 atom stereocenters. The van der Waals surface area contributed by atoms with E-state index >= 15 is 0 Å². The van der Waals surface area contributed by atoms with Gasteiger partial charge in [-0.15, -0.1) is 0 Å². The average molecular weight is 318 g/mol. The predicted molar refractivity (Wildman–Crippen MR) is 85.3 cm³/mol. The summed E-state index contributed by atoms with van der Waals surface area (Å²) in [6, 6.07) is 9.42. The zero-order valence-electron chi connectivity index (χ0n) is 11.3. The third-order valence-corrected chi connectivity index (χ3v) is 4.34. The molecule has 1 aliphatic carbocycles. The number of nitriles is 1. The first-order chi connectivity index (χ1) is 10.2. The smallest absolute Gasteiger partial charge is 0.148 e. The highest BCUT2D eigenvalue weighted by Crippen LogP contribution is 2.29. The van der Waals surface area contributed by atoms with Gasteiger partial charge in [-0.05, 0) is 55.5 Å². The molecule has 0 amide bonds. The van der Waals surface area contributed by atoms with Crippen LogP contribution in [0.4, 0.5) is 11.5 Å². The van der Waals surface area contributed by atoms with Crippen LogP contribution in [0.2, 0.25) is 10.0 Å². The quantitative estimate of drug-likeness (QED) is 0.858. The third kappa shape index (κ3) is 2.97. The van der Waals surface area contributed by atoms with Crippen molar-refractivity contribution in [2.24, 2.45) is 0 Å². The van der Waals surface area contributed by atoms with E-state index in [9.17, 15) is 5.26 Å². The van der Waals surface area contributed by atoms with Gasteiger partial charge in [0.15, 0.2) is 0 Å². The van der Waals surface area contributed by atoms with Crippen molar-refractivity contribution in [2.45, 2.75) is 25.7 Å². The van der Waals surface area contributed by atoms with Crippen LogP contribution in [0.1, 0.15) is 29.7 Å². The molecule has 106 valence electrons. The Kier molecular flexibility index (Phi) is 4.01. The first-order valence-electron chi connectivity index (χ1n) is 6.82. The molecule has 3 rings (SSSR count). The fraction of sp³-hybridized carbons (Fsp3) is 0.250. The molecule has 5 heteroatoms. The second-order valence-corrected chi connectivity index (χ2v) is 5.88. The average Bonchev–Trinajstić information content (AvgIpc) is 2.50. The summed E-state index contributed by atoms with van der Waals surface area (Å²) in [5.41, 5.74) is 3.60. The molecule has 1 heterocycles. The molecule has 0 saturated heterocycles. The van der Waals surface area contributed by atoms with Crippen molar-refractivity contribution < 1.29 is 0 Å². The van der Waals surface area contributed by atoms with Crippen LogP contribution in [-0.4, -0.2) is 4.98 Å². The van der Waals surface area contributed by atoms with E-state index in [-0.39, 0.29) is 0 Å². The Hall–Kier alpha value is -1.76. The molecule has 0 fully saturated rings. The summed E-state index contributed by atoms with van der Waals surface area (Å²) < 4.78 is 0. The molecular weight excluding hydrogens is 305 g/mol. The van der Waals surface area contributed by atoms with Gasteiger partial charge in [0.25, 0.3) is 0 Å². The maximum Gasteiger partial charge on any atom is 0.148 e. The van der Waals surface area contributed by atoms with Gasteiger partial charge in [-0.1, -0.05) is 23.2 Å². The number of hydrogen-bond donors (Lipinski definition) is 1. The number of nitrogens with zero attached hydrogens (tertiary/aromatic N) is 2. The highest BCUT2D eigenvalue weighted by Gasteiger charge is 2.15. The molecule has 2 aromatic rings. The van der Waals surface area contributed by atoms with Gasteiger partial charge in [-0.3, -0.25) is 0 Å². The molecule has 3 nitrogen and oxygen atoms in total. The number of nitrogens with one attached hydrogen (secondary N) is 1. The number of fused-ring (bicyclic) bond motifs is 1. The van der Waals surface area contributed by atoms with Crippen molar-refractivity contribution in [3.05, 3.63) is 51.1 Å². The van der Waals surface area contributed by atoms with Crippen molar-refractivity contribution in [2.75, 3.05) is 5.32 Å². The molecule has 1 aliphatic rings. The van der Waals surface area contributed by atoms with Gasteiger partial charge in [-0.2, -0.15) is 5.26 Å². The molecule has 0 aliphatic heterocycles. The van der Waals surface area contributed by atoms with Crippen LogP contribution in [0.15, 0.2) is 24.3 Å². The van der Waals surface area contributed by atoms with E-state index in [2.05, 4.69) is 16.4 Å². The lowest BCUT2D eigenvalue weighted by Gasteiger charge is -2.17. The second kappa shape index (κ2) is 5.93. The van der Waals surface area contributed by atoms with Gasteiger partial charge in [-0.25, -0.2) is 4.98 Å². The Morgan fingerprint density at radius 2 is 1.90 bits per heavy atom. The lowest BCUT2D eigenvalue weighted by Crippen LogP contribution is -2.08. The first kappa shape index (κ1) is 14.2. The van der Waals surface area contributed by atoms with E-state index < -0.39 is 0 Å². The summed E-state index contributed by atoms with van der Waals surface area (Å²) in [4.78, 5) is 4.62. The number of halogens is 2. The van der Waals surface area contributed by atoms with E-state index in [4.69, 9.17) is 23.2 Å². The first-order valence-corrected chi connectivity index (χ1v) is 7.58. The summed E-state index contributed by atoms with van der Waals surface area (Å²) >= 11 is 11.9. The fourth-order valence-corrected chi connectivity index (χ4v) is 2.82. The summed E-state index contributed by atoms with van der Waals surface area (Å²) in [6.07, 6.45) is 4.29. The van der Waals surface area contributed by atoms with Gasteiger partial charge >= 0.3 is 0 Å². The molecule has 0 spiro atoms. The SMILES string of the molecule is N#Cc1cc2c(nc1Nc1ccc(Cl)c(Cl)c1)CCCC2. The maximum absolute atomic E-state index is 9.32. The Morgan fingerprint density at radius 3 is 2.67 bits per heavy atom. The second-order valence-electron chi connectivity index (χ2n) is 5.06. The zero-order valence-corrected chi connectivity index (χ0v) is 12.8. The number of rotatable bonds is 2. The largest absolute Gasteiger partial charge is 0.339 e. The number of hydrogen-bond acceptors (Lipinski definition) is 3. The molecule has 0 bridgehead atoms. The fourth-order valence-electron chi connectivity index (χ4n) is 2.52. The standard InChI is InChI=1S/C16H13Cl2N3/c17-13-6-5-12(8-14(13)18)20-16-11(9-19)7-10-3-1-2-4-15(10)21-16/h5-8H,1-4H2,(H,20,21). The number of pyridine rings is 1. The Morgan fingerprint density at radius 1 is 1.10 bits per heavy atom. The predicted octanol–water partition coefficient (Wildman–Crippen LogP) is 4.88. The van der Waals surface area contributed by atoms with E-state index in [1.165, 1.54) is 12.0 Å². The van der Waals surface area contributed by atoms with Crippen molar-refractivity contribution in [3.63, 3.8) is 0 Å². The van der Waals surface area contributed by atoms with Crippen LogP contribution in [0, 0.1) is 11.3 Å². The normalized spacial score (nSPS) is 13.4. The van der Waals surface area contributed by atoms with Crippen molar-refractivity contribution in [3.8, 4) is 6.07 Å². The summed E-state index contributed by atoms with van der Waals surface area (Å²) in [7, 11) is 0. The topological polar surface area (TPSA) is 48.7 Å². The van der Waals surface area contributed by atoms with Gasteiger partial charge < -0.3 is 5.32 Å². The monoisotopic (exact) mass is 317 g/mol. The minimum atomic E-state index is 0.470. The van der Waals surface area contributed by atoms with Crippen LogP contribution in [-0.2, 0) is 12.8 Å². The van der Waals surface area contributed by atoms with Crippen LogP contribution >= 0.6 is 23.2 Å². The lowest BCUT2D eigenvalue weighted by atomic mass is 9.95. The van der Waals surface area contributed by atoms with E-state index in [0.29, 0.717) is 21.4 Å². The van der Waals surface area contributed by atoms with Gasteiger partial charge in [0, 0.05) is 11.4 Å². The number of aromatic nitrogens is 1. The molecule has 0 saturated carbocycles. The minimum Gasteiger partial charge on any atom is -0.339 e. The van der Waals surface area contributed by atoms with Crippen molar-refractivity contribution in [1.82, 2.24) is 4.98 Å². The highest BCUT2D eigenvalue weighted by atomic mass is 35.5. The summed E-state index contributed by atoms with van der Waals surface area (Å²) in [5, 5.41) is 13.5. The van der Waals surface area contributed by atoms with E-state index in [1.54, 1.807) is 12.1 Å². The zero-order chi connectivity index (χ0) is 14.8. The minimum absolute atomic E-state index is 0.470. The van der Waals surface area contributed by atoms with Crippen LogP contribution < -0.4 is 5.32 Å². The van der Waals surface area contributed by atoms with Gasteiger partial charge in [0.05, 0.1) is 15.6 Å². The van der Waals surface area contributed by atoms with Crippen LogP contribution in [0.3, 0.4) is 0 Å².